The zero-order valence-corrected chi connectivity index (χ0v) is 17.3. The van der Waals surface area contributed by atoms with Crippen LogP contribution in [0.4, 0.5) is 5.69 Å². The molecule has 6 nitrogen and oxygen atoms in total. The van der Waals surface area contributed by atoms with E-state index < -0.39 is 0 Å². The Morgan fingerprint density at radius 3 is 2.85 bits per heavy atom. The number of rotatable bonds is 5. The summed E-state index contributed by atoms with van der Waals surface area (Å²) in [5, 5.41) is 6.57. The van der Waals surface area contributed by atoms with Crippen molar-refractivity contribution >= 4 is 24.0 Å². The molecule has 0 saturated carbocycles. The van der Waals surface area contributed by atoms with Gasteiger partial charge in [0.25, 0.3) is 0 Å². The normalized spacial score (nSPS) is 17.6. The van der Waals surface area contributed by atoms with Gasteiger partial charge >= 0.3 is 0 Å². The number of carbonyl (C=O) groups excluding carboxylic acids is 1. The average Bonchev–Trinajstić information content (AvgIpc) is 3.03. The van der Waals surface area contributed by atoms with E-state index in [2.05, 4.69) is 40.4 Å². The van der Waals surface area contributed by atoms with Gasteiger partial charge in [0, 0.05) is 44.8 Å². The topological polar surface area (TPSA) is 62.2 Å². The molecule has 148 valence electrons. The largest absolute Gasteiger partial charge is 0.337 e. The van der Waals surface area contributed by atoms with Crippen molar-refractivity contribution in [1.82, 2.24) is 19.8 Å². The zero-order valence-electron chi connectivity index (χ0n) is 16.5. The molecule has 0 spiro atoms. The van der Waals surface area contributed by atoms with Crippen LogP contribution >= 0.6 is 12.4 Å². The molecule has 0 bridgehead atoms. The summed E-state index contributed by atoms with van der Waals surface area (Å²) < 4.78 is 2.03. The predicted molar refractivity (Wildman–Crippen MR) is 112 cm³/mol. The van der Waals surface area contributed by atoms with Crippen molar-refractivity contribution in [3.63, 3.8) is 0 Å². The van der Waals surface area contributed by atoms with E-state index >= 15 is 0 Å². The third kappa shape index (κ3) is 4.89. The van der Waals surface area contributed by atoms with E-state index in [9.17, 15) is 4.79 Å². The lowest BCUT2D eigenvalue weighted by molar-refractivity contribution is -0.118. The fourth-order valence-electron chi connectivity index (χ4n) is 3.59. The Morgan fingerprint density at radius 1 is 1.41 bits per heavy atom. The highest BCUT2D eigenvalue weighted by atomic mass is 35.5. The molecule has 2 aromatic rings. The van der Waals surface area contributed by atoms with Crippen LogP contribution in [0.15, 0.2) is 30.6 Å². The summed E-state index contributed by atoms with van der Waals surface area (Å²) in [5.41, 5.74) is 3.24. The first-order valence-electron chi connectivity index (χ1n) is 9.28. The minimum atomic E-state index is 0. The van der Waals surface area contributed by atoms with Crippen molar-refractivity contribution in [2.24, 2.45) is 7.05 Å². The lowest BCUT2D eigenvalue weighted by Crippen LogP contribution is -2.49. The maximum absolute atomic E-state index is 12.8. The number of imidazole rings is 1. The Kier molecular flexibility index (Phi) is 7.41. The number of halogens is 1. The Balaban J connectivity index is 0.00000261. The van der Waals surface area contributed by atoms with E-state index in [-0.39, 0.29) is 24.4 Å². The zero-order chi connectivity index (χ0) is 18.7. The highest BCUT2D eigenvalue weighted by Crippen LogP contribution is 2.27. The molecule has 1 saturated heterocycles. The number of benzene rings is 1. The minimum Gasteiger partial charge on any atom is -0.337 e. The van der Waals surface area contributed by atoms with Gasteiger partial charge in [0.2, 0.25) is 5.91 Å². The number of para-hydroxylation sites is 1. The molecule has 7 heteroatoms. The first kappa shape index (κ1) is 21.4. The van der Waals surface area contributed by atoms with E-state index in [1.807, 2.05) is 43.1 Å². The van der Waals surface area contributed by atoms with Gasteiger partial charge in [-0.25, -0.2) is 4.98 Å². The number of aromatic nitrogens is 2. The van der Waals surface area contributed by atoms with Crippen LogP contribution in [0, 0.1) is 6.92 Å². The predicted octanol–water partition coefficient (Wildman–Crippen LogP) is 2.86. The first-order valence-corrected chi connectivity index (χ1v) is 9.28. The smallest absolute Gasteiger partial charge is 0.238 e. The van der Waals surface area contributed by atoms with E-state index in [0.717, 1.165) is 36.7 Å². The number of aryl methyl sites for hydroxylation is 2. The van der Waals surface area contributed by atoms with Crippen LogP contribution in [0.25, 0.3) is 0 Å². The van der Waals surface area contributed by atoms with Crippen LogP contribution in [0.2, 0.25) is 0 Å². The van der Waals surface area contributed by atoms with Crippen molar-refractivity contribution < 1.29 is 4.79 Å². The molecule has 1 aromatic carbocycles. The monoisotopic (exact) mass is 391 g/mol. The van der Waals surface area contributed by atoms with Gasteiger partial charge in [0.05, 0.1) is 12.6 Å². The maximum Gasteiger partial charge on any atom is 0.238 e. The molecular weight excluding hydrogens is 362 g/mol. The second-order valence-corrected chi connectivity index (χ2v) is 7.33. The second-order valence-electron chi connectivity index (χ2n) is 7.33. The van der Waals surface area contributed by atoms with Gasteiger partial charge in [-0.2, -0.15) is 0 Å². The molecule has 3 rings (SSSR count). The number of nitrogens with zero attached hydrogens (tertiary/aromatic N) is 3. The molecule has 1 aliphatic rings. The number of amides is 1. The molecule has 0 radical (unpaired) electrons. The van der Waals surface area contributed by atoms with Crippen LogP contribution < -0.4 is 10.6 Å². The number of hydrogen-bond donors (Lipinski definition) is 2. The number of anilines is 1. The fraction of sp³-hybridized carbons (Fsp3) is 0.500. The minimum absolute atomic E-state index is 0. The van der Waals surface area contributed by atoms with Crippen molar-refractivity contribution in [2.75, 3.05) is 31.5 Å². The van der Waals surface area contributed by atoms with Crippen molar-refractivity contribution in [3.05, 3.63) is 47.5 Å². The molecule has 2 N–H and O–H groups in total. The van der Waals surface area contributed by atoms with Crippen LogP contribution in [-0.4, -0.2) is 46.5 Å². The SMILES string of the molecule is Cc1cccc(C(C)C)c1NC(=O)CN1CCNCC1c1nccn1C.Cl. The standard InChI is InChI=1S/C20H29N5O.ClH/c1-14(2)16-7-5-6-15(3)19(16)23-18(26)13-25-11-8-21-12-17(25)20-22-9-10-24(20)4;/h5-7,9-10,14,17,21H,8,11-13H2,1-4H3,(H,23,26);1H. The van der Waals surface area contributed by atoms with E-state index in [1.54, 1.807) is 0 Å². The van der Waals surface area contributed by atoms with Crippen LogP contribution in [0.3, 0.4) is 0 Å². The van der Waals surface area contributed by atoms with E-state index in [0.29, 0.717) is 12.5 Å². The van der Waals surface area contributed by atoms with Gasteiger partial charge in [-0.15, -0.1) is 12.4 Å². The number of hydrogen-bond acceptors (Lipinski definition) is 4. The molecule has 27 heavy (non-hydrogen) atoms. The summed E-state index contributed by atoms with van der Waals surface area (Å²) in [7, 11) is 2.00. The molecule has 1 aliphatic heterocycles. The van der Waals surface area contributed by atoms with Gasteiger partial charge < -0.3 is 15.2 Å². The molecular formula is C20H30ClN5O. The van der Waals surface area contributed by atoms with Crippen LogP contribution in [0.1, 0.15) is 42.8 Å². The summed E-state index contributed by atoms with van der Waals surface area (Å²) in [6.45, 7) is 9.23. The quantitative estimate of drug-likeness (QED) is 0.822. The molecule has 1 aromatic heterocycles. The van der Waals surface area contributed by atoms with Gasteiger partial charge in [-0.3, -0.25) is 9.69 Å². The van der Waals surface area contributed by atoms with Gasteiger partial charge in [-0.1, -0.05) is 32.0 Å². The van der Waals surface area contributed by atoms with Crippen LogP contribution in [0.5, 0.6) is 0 Å². The Morgan fingerprint density at radius 2 is 2.19 bits per heavy atom. The average molecular weight is 392 g/mol. The third-order valence-electron chi connectivity index (χ3n) is 5.05. The molecule has 1 amide bonds. The molecule has 2 heterocycles. The second kappa shape index (κ2) is 9.35. The van der Waals surface area contributed by atoms with Crippen molar-refractivity contribution in [2.45, 2.75) is 32.7 Å². The van der Waals surface area contributed by atoms with E-state index in [4.69, 9.17) is 0 Å². The van der Waals surface area contributed by atoms with E-state index in [1.165, 1.54) is 5.56 Å². The molecule has 1 atom stereocenters. The summed E-state index contributed by atoms with van der Waals surface area (Å²) in [6, 6.07) is 6.29. The van der Waals surface area contributed by atoms with Gasteiger partial charge in [0.1, 0.15) is 5.82 Å². The van der Waals surface area contributed by atoms with Crippen LogP contribution in [-0.2, 0) is 11.8 Å². The number of piperazine rings is 1. The highest BCUT2D eigenvalue weighted by Gasteiger charge is 2.28. The Labute approximate surface area is 167 Å². The molecule has 1 fully saturated rings. The van der Waals surface area contributed by atoms with Crippen molar-refractivity contribution in [1.29, 1.82) is 0 Å². The lowest BCUT2D eigenvalue weighted by Gasteiger charge is -2.35. The summed E-state index contributed by atoms with van der Waals surface area (Å²) in [4.78, 5) is 19.5. The van der Waals surface area contributed by atoms with Gasteiger partial charge in [0.15, 0.2) is 0 Å². The molecule has 1 unspecified atom stereocenters. The summed E-state index contributed by atoms with van der Waals surface area (Å²) in [6.07, 6.45) is 3.76. The Hall–Kier alpha value is -1.89. The maximum atomic E-state index is 12.8. The fourth-order valence-corrected chi connectivity index (χ4v) is 3.59. The number of nitrogens with one attached hydrogen (secondary N) is 2. The summed E-state index contributed by atoms with van der Waals surface area (Å²) >= 11 is 0. The summed E-state index contributed by atoms with van der Waals surface area (Å²) in [5.74, 6) is 1.38. The Bertz CT molecular complexity index is 773. The van der Waals surface area contributed by atoms with Gasteiger partial charge in [-0.05, 0) is 24.0 Å². The number of carbonyl (C=O) groups is 1. The first-order chi connectivity index (χ1) is 12.5. The third-order valence-corrected chi connectivity index (χ3v) is 5.05. The highest BCUT2D eigenvalue weighted by molar-refractivity contribution is 5.94. The molecule has 0 aliphatic carbocycles. The van der Waals surface area contributed by atoms with Crippen molar-refractivity contribution in [3.8, 4) is 0 Å². The lowest BCUT2D eigenvalue weighted by atomic mass is 9.98.